The van der Waals surface area contributed by atoms with Gasteiger partial charge in [-0.05, 0) is 37.6 Å². The summed E-state index contributed by atoms with van der Waals surface area (Å²) in [7, 11) is 1.85. The van der Waals surface area contributed by atoms with Crippen LogP contribution in [-0.4, -0.2) is 29.5 Å². The Morgan fingerprint density at radius 2 is 1.81 bits per heavy atom. The molecule has 4 aromatic rings. The molecule has 4 rings (SSSR count). The molecule has 31 heavy (non-hydrogen) atoms. The van der Waals surface area contributed by atoms with Crippen LogP contribution in [0.15, 0.2) is 42.7 Å². The number of aryl methyl sites for hydroxylation is 2. The molecule has 0 amide bonds. The van der Waals surface area contributed by atoms with Gasteiger partial charge in [-0.25, -0.2) is 23.4 Å². The molecular weight excluding hydrogens is 400 g/mol. The molecule has 0 spiro atoms. The molecule has 0 N–H and O–H groups in total. The van der Waals surface area contributed by atoms with E-state index in [9.17, 15) is 8.78 Å². The molecule has 156 valence electrons. The van der Waals surface area contributed by atoms with Crippen molar-refractivity contribution in [1.82, 2.24) is 29.5 Å². The van der Waals surface area contributed by atoms with Crippen LogP contribution in [0.5, 0.6) is 0 Å². The highest BCUT2D eigenvalue weighted by Crippen LogP contribution is 2.27. The van der Waals surface area contributed by atoms with Gasteiger partial charge < -0.3 is 0 Å². The zero-order valence-electron chi connectivity index (χ0n) is 17.2. The summed E-state index contributed by atoms with van der Waals surface area (Å²) in [6.45, 7) is 3.64. The summed E-state index contributed by atoms with van der Waals surface area (Å²) in [6, 6.07) is 12.4. The van der Waals surface area contributed by atoms with Crippen LogP contribution in [-0.2, 0) is 13.5 Å². The Kier molecular flexibility index (Phi) is 5.29. The maximum absolute atomic E-state index is 13.4. The third kappa shape index (κ3) is 3.92. The van der Waals surface area contributed by atoms with Crippen LogP contribution in [0.1, 0.15) is 40.3 Å². The normalized spacial score (nSPS) is 11.1. The molecule has 0 saturated heterocycles. The monoisotopic (exact) mass is 419 g/mol. The van der Waals surface area contributed by atoms with E-state index in [0.29, 0.717) is 29.2 Å². The highest BCUT2D eigenvalue weighted by molar-refractivity contribution is 5.65. The van der Waals surface area contributed by atoms with E-state index in [4.69, 9.17) is 5.26 Å². The molecule has 1 aromatic carbocycles. The van der Waals surface area contributed by atoms with Crippen LogP contribution in [0.25, 0.3) is 17.1 Å². The van der Waals surface area contributed by atoms with Crippen molar-refractivity contribution in [1.29, 1.82) is 5.26 Å². The van der Waals surface area contributed by atoms with Gasteiger partial charge >= 0.3 is 0 Å². The number of hydrogen-bond donors (Lipinski definition) is 0. The standard InChI is InChI=1S/C22H19F2N7/c1-13-8-19(22(23)24)31(28-13)20-10-17(26-12-27-20)9-18-14(2)21(29-30(18)3)16-6-4-15(11-25)5-7-16/h4-8,10,12,22H,9H2,1-3H3. The van der Waals surface area contributed by atoms with Gasteiger partial charge in [-0.2, -0.15) is 15.5 Å². The van der Waals surface area contributed by atoms with Crippen molar-refractivity contribution >= 4 is 0 Å². The van der Waals surface area contributed by atoms with Gasteiger partial charge in [0.2, 0.25) is 0 Å². The van der Waals surface area contributed by atoms with Gasteiger partial charge in [0.05, 0.1) is 28.7 Å². The topological polar surface area (TPSA) is 85.2 Å². The molecule has 0 aliphatic heterocycles. The van der Waals surface area contributed by atoms with Gasteiger partial charge in [0, 0.05) is 30.8 Å². The highest BCUT2D eigenvalue weighted by Gasteiger charge is 2.19. The van der Waals surface area contributed by atoms with Crippen LogP contribution < -0.4 is 0 Å². The minimum atomic E-state index is -2.66. The van der Waals surface area contributed by atoms with Crippen molar-refractivity contribution in [3.63, 3.8) is 0 Å². The van der Waals surface area contributed by atoms with Gasteiger partial charge in [-0.1, -0.05) is 12.1 Å². The lowest BCUT2D eigenvalue weighted by Gasteiger charge is -2.08. The van der Waals surface area contributed by atoms with Crippen LogP contribution in [0.2, 0.25) is 0 Å². The fraction of sp³-hybridized carbons (Fsp3) is 0.227. The number of aromatic nitrogens is 6. The fourth-order valence-corrected chi connectivity index (χ4v) is 3.52. The number of alkyl halides is 2. The molecule has 7 nitrogen and oxygen atoms in total. The Morgan fingerprint density at radius 1 is 1.06 bits per heavy atom. The summed E-state index contributed by atoms with van der Waals surface area (Å²) in [6.07, 6.45) is -0.857. The van der Waals surface area contributed by atoms with E-state index in [1.165, 1.54) is 12.4 Å². The summed E-state index contributed by atoms with van der Waals surface area (Å²) in [5, 5.41) is 17.8. The van der Waals surface area contributed by atoms with Crippen molar-refractivity contribution < 1.29 is 8.78 Å². The van der Waals surface area contributed by atoms with Crippen LogP contribution >= 0.6 is 0 Å². The zero-order chi connectivity index (χ0) is 22.1. The summed E-state index contributed by atoms with van der Waals surface area (Å²) >= 11 is 0. The van der Waals surface area contributed by atoms with E-state index in [0.717, 1.165) is 27.2 Å². The maximum Gasteiger partial charge on any atom is 0.280 e. The van der Waals surface area contributed by atoms with Gasteiger partial charge in [-0.3, -0.25) is 4.68 Å². The average Bonchev–Trinajstić information content (AvgIpc) is 3.29. The second-order valence-corrected chi connectivity index (χ2v) is 7.20. The third-order valence-corrected chi connectivity index (χ3v) is 5.07. The number of rotatable bonds is 5. The van der Waals surface area contributed by atoms with E-state index in [2.05, 4.69) is 26.2 Å². The predicted molar refractivity (Wildman–Crippen MR) is 110 cm³/mol. The number of nitriles is 1. The lowest BCUT2D eigenvalue weighted by Crippen LogP contribution is -2.08. The molecule has 0 aliphatic carbocycles. The Hall–Kier alpha value is -3.93. The Bertz CT molecular complexity index is 1280. The van der Waals surface area contributed by atoms with Crippen molar-refractivity contribution in [2.24, 2.45) is 7.05 Å². The van der Waals surface area contributed by atoms with Crippen LogP contribution in [0, 0.1) is 25.2 Å². The molecule has 0 atom stereocenters. The summed E-state index contributed by atoms with van der Waals surface area (Å²) in [4.78, 5) is 8.44. The molecule has 0 unspecified atom stereocenters. The molecule has 0 saturated carbocycles. The summed E-state index contributed by atoms with van der Waals surface area (Å²) < 4.78 is 29.7. The molecule has 0 aliphatic rings. The van der Waals surface area contributed by atoms with E-state index in [1.807, 2.05) is 26.1 Å². The number of nitrogens with zero attached hydrogens (tertiary/aromatic N) is 7. The Balaban J connectivity index is 1.67. The minimum absolute atomic E-state index is 0.207. The first-order valence-corrected chi connectivity index (χ1v) is 9.56. The molecule has 0 radical (unpaired) electrons. The van der Waals surface area contributed by atoms with Gasteiger partial charge in [0.25, 0.3) is 6.43 Å². The smallest absolute Gasteiger partial charge is 0.271 e. The third-order valence-electron chi connectivity index (χ3n) is 5.07. The molecule has 0 fully saturated rings. The minimum Gasteiger partial charge on any atom is -0.271 e. The van der Waals surface area contributed by atoms with Crippen LogP contribution in [0.3, 0.4) is 0 Å². The first kappa shape index (κ1) is 20.3. The average molecular weight is 419 g/mol. The summed E-state index contributed by atoms with van der Waals surface area (Å²) in [5.74, 6) is 0.292. The SMILES string of the molecule is Cc1cc(C(F)F)n(-c2cc(Cc3c(C)c(-c4ccc(C#N)cc4)nn3C)ncn2)n1. The van der Waals surface area contributed by atoms with Crippen molar-refractivity contribution in [3.05, 3.63) is 76.6 Å². The summed E-state index contributed by atoms with van der Waals surface area (Å²) in [5.41, 5.74) is 5.19. The van der Waals surface area contributed by atoms with Crippen molar-refractivity contribution in [3.8, 4) is 23.1 Å². The first-order chi connectivity index (χ1) is 14.9. The van der Waals surface area contributed by atoms with Gasteiger partial charge in [0.15, 0.2) is 5.82 Å². The number of benzene rings is 1. The second-order valence-electron chi connectivity index (χ2n) is 7.20. The van der Waals surface area contributed by atoms with E-state index < -0.39 is 6.43 Å². The molecule has 9 heteroatoms. The maximum atomic E-state index is 13.4. The van der Waals surface area contributed by atoms with E-state index >= 15 is 0 Å². The molecular formula is C22H19F2N7. The fourth-order valence-electron chi connectivity index (χ4n) is 3.52. The highest BCUT2D eigenvalue weighted by atomic mass is 19.3. The molecule has 3 aromatic heterocycles. The predicted octanol–water partition coefficient (Wildman–Crippen LogP) is 4.08. The first-order valence-electron chi connectivity index (χ1n) is 9.56. The van der Waals surface area contributed by atoms with Gasteiger partial charge in [0.1, 0.15) is 12.0 Å². The van der Waals surface area contributed by atoms with Crippen molar-refractivity contribution in [2.45, 2.75) is 26.7 Å². The Morgan fingerprint density at radius 3 is 2.48 bits per heavy atom. The van der Waals surface area contributed by atoms with E-state index in [-0.39, 0.29) is 5.69 Å². The number of halogens is 2. The molecule has 3 heterocycles. The quantitative estimate of drug-likeness (QED) is 0.487. The van der Waals surface area contributed by atoms with Crippen molar-refractivity contribution in [2.75, 3.05) is 0 Å². The Labute approximate surface area is 177 Å². The molecule has 0 bridgehead atoms. The van der Waals surface area contributed by atoms with E-state index in [1.54, 1.807) is 29.8 Å². The van der Waals surface area contributed by atoms with Crippen LogP contribution in [0.4, 0.5) is 8.78 Å². The largest absolute Gasteiger partial charge is 0.280 e. The van der Waals surface area contributed by atoms with Gasteiger partial charge in [-0.15, -0.1) is 0 Å². The number of hydrogen-bond acceptors (Lipinski definition) is 5. The lowest BCUT2D eigenvalue weighted by atomic mass is 10.0. The lowest BCUT2D eigenvalue weighted by molar-refractivity contribution is 0.142. The zero-order valence-corrected chi connectivity index (χ0v) is 17.2. The second kappa shape index (κ2) is 8.07.